The van der Waals surface area contributed by atoms with Crippen LogP contribution in [0.25, 0.3) is 0 Å². The third-order valence-electron chi connectivity index (χ3n) is 2.44. The number of aromatic nitrogens is 1. The monoisotopic (exact) mass is 252 g/mol. The average molecular weight is 252 g/mol. The highest BCUT2D eigenvalue weighted by atomic mass is 16.5. The van der Waals surface area contributed by atoms with Crippen molar-refractivity contribution in [3.05, 3.63) is 24.0 Å². The standard InChI is InChI=1S/C13H20N2O3/c1-2-3-8-18-9-4-6-15-13(17)11-5-7-14-10-12(11)16/h5,7,10,16H,2-4,6,8-9H2,1H3,(H,15,17). The molecule has 0 aliphatic rings. The molecule has 1 rings (SSSR count). The molecular formula is C13H20N2O3. The van der Waals surface area contributed by atoms with Crippen molar-refractivity contribution in [1.29, 1.82) is 0 Å². The van der Waals surface area contributed by atoms with Gasteiger partial charge < -0.3 is 15.2 Å². The summed E-state index contributed by atoms with van der Waals surface area (Å²) in [5.74, 6) is -0.391. The maximum absolute atomic E-state index is 11.7. The number of pyridine rings is 1. The molecule has 1 aromatic heterocycles. The molecule has 0 bridgehead atoms. The van der Waals surface area contributed by atoms with Crippen LogP contribution in [-0.2, 0) is 4.74 Å². The normalized spacial score (nSPS) is 10.3. The van der Waals surface area contributed by atoms with E-state index in [-0.39, 0.29) is 17.2 Å². The highest BCUT2D eigenvalue weighted by Crippen LogP contribution is 2.13. The molecule has 0 fully saturated rings. The van der Waals surface area contributed by atoms with Crippen molar-refractivity contribution in [2.75, 3.05) is 19.8 Å². The van der Waals surface area contributed by atoms with Crippen molar-refractivity contribution < 1.29 is 14.6 Å². The molecule has 5 heteroatoms. The molecule has 5 nitrogen and oxygen atoms in total. The maximum atomic E-state index is 11.7. The first kappa shape index (κ1) is 14.4. The van der Waals surface area contributed by atoms with Crippen molar-refractivity contribution >= 4 is 5.91 Å². The van der Waals surface area contributed by atoms with E-state index in [2.05, 4.69) is 17.2 Å². The second kappa shape index (κ2) is 8.47. The lowest BCUT2D eigenvalue weighted by molar-refractivity contribution is 0.0937. The van der Waals surface area contributed by atoms with Gasteiger partial charge in [-0.25, -0.2) is 0 Å². The van der Waals surface area contributed by atoms with Crippen LogP contribution in [0.4, 0.5) is 0 Å². The van der Waals surface area contributed by atoms with Crippen molar-refractivity contribution in [1.82, 2.24) is 10.3 Å². The summed E-state index contributed by atoms with van der Waals surface area (Å²) in [5.41, 5.74) is 0.247. The van der Waals surface area contributed by atoms with Gasteiger partial charge in [0.25, 0.3) is 5.91 Å². The van der Waals surface area contributed by atoms with E-state index in [0.29, 0.717) is 13.2 Å². The predicted molar refractivity (Wildman–Crippen MR) is 68.6 cm³/mol. The Kier molecular flexibility index (Phi) is 6.79. The minimum atomic E-state index is -0.288. The first-order valence-corrected chi connectivity index (χ1v) is 6.24. The van der Waals surface area contributed by atoms with Gasteiger partial charge >= 0.3 is 0 Å². The summed E-state index contributed by atoms with van der Waals surface area (Å²) in [5, 5.41) is 12.2. The molecule has 0 aromatic carbocycles. The number of carbonyl (C=O) groups is 1. The highest BCUT2D eigenvalue weighted by Gasteiger charge is 2.09. The Bertz CT molecular complexity index is 369. The van der Waals surface area contributed by atoms with Crippen LogP contribution < -0.4 is 5.32 Å². The molecule has 1 aromatic rings. The lowest BCUT2D eigenvalue weighted by Crippen LogP contribution is -2.25. The van der Waals surface area contributed by atoms with Crippen LogP contribution in [0.2, 0.25) is 0 Å². The topological polar surface area (TPSA) is 71.5 Å². The average Bonchev–Trinajstić information content (AvgIpc) is 2.38. The molecule has 0 radical (unpaired) electrons. The molecule has 0 saturated carbocycles. The SMILES string of the molecule is CCCCOCCCNC(=O)c1ccncc1O. The quantitative estimate of drug-likeness (QED) is 0.691. The Morgan fingerprint density at radius 1 is 1.44 bits per heavy atom. The molecule has 0 saturated heterocycles. The molecule has 0 aliphatic heterocycles. The van der Waals surface area contributed by atoms with Gasteiger partial charge in [0.1, 0.15) is 5.75 Å². The lowest BCUT2D eigenvalue weighted by atomic mass is 10.2. The summed E-state index contributed by atoms with van der Waals surface area (Å²) in [6.07, 6.45) is 5.68. The number of ether oxygens (including phenoxy) is 1. The van der Waals surface area contributed by atoms with E-state index in [1.165, 1.54) is 18.5 Å². The maximum Gasteiger partial charge on any atom is 0.255 e. The van der Waals surface area contributed by atoms with Crippen LogP contribution in [0.5, 0.6) is 5.75 Å². The van der Waals surface area contributed by atoms with Crippen molar-refractivity contribution in [3.8, 4) is 5.75 Å². The summed E-state index contributed by atoms with van der Waals surface area (Å²) in [6.45, 7) is 4.07. The van der Waals surface area contributed by atoms with E-state index in [0.717, 1.165) is 25.9 Å². The van der Waals surface area contributed by atoms with Gasteiger partial charge in [0.15, 0.2) is 0 Å². The third kappa shape index (κ3) is 5.14. The number of unbranched alkanes of at least 4 members (excludes halogenated alkanes) is 1. The Hall–Kier alpha value is -1.62. The van der Waals surface area contributed by atoms with Gasteiger partial charge in [-0.15, -0.1) is 0 Å². The molecular weight excluding hydrogens is 232 g/mol. The first-order valence-electron chi connectivity index (χ1n) is 6.24. The Morgan fingerprint density at radius 2 is 2.22 bits per heavy atom. The Labute approximate surface area is 107 Å². The zero-order valence-electron chi connectivity index (χ0n) is 10.7. The van der Waals surface area contributed by atoms with Crippen LogP contribution in [0.3, 0.4) is 0 Å². The van der Waals surface area contributed by atoms with Gasteiger partial charge in [0.05, 0.1) is 11.8 Å². The van der Waals surface area contributed by atoms with Gasteiger partial charge in [0, 0.05) is 26.0 Å². The van der Waals surface area contributed by atoms with Gasteiger partial charge in [-0.3, -0.25) is 9.78 Å². The number of rotatable bonds is 8. The Balaban J connectivity index is 2.16. The third-order valence-corrected chi connectivity index (χ3v) is 2.44. The van der Waals surface area contributed by atoms with Crippen LogP contribution >= 0.6 is 0 Å². The van der Waals surface area contributed by atoms with Gasteiger partial charge in [-0.05, 0) is 18.9 Å². The summed E-state index contributed by atoms with van der Waals surface area (Å²) in [4.78, 5) is 15.4. The van der Waals surface area contributed by atoms with E-state index in [1.807, 2.05) is 0 Å². The zero-order chi connectivity index (χ0) is 13.2. The van der Waals surface area contributed by atoms with E-state index in [1.54, 1.807) is 0 Å². The van der Waals surface area contributed by atoms with E-state index in [9.17, 15) is 9.90 Å². The summed E-state index contributed by atoms with van der Waals surface area (Å²) < 4.78 is 5.37. The predicted octanol–water partition coefficient (Wildman–Crippen LogP) is 1.72. The minimum absolute atomic E-state index is 0.103. The van der Waals surface area contributed by atoms with Gasteiger partial charge in [-0.2, -0.15) is 0 Å². The molecule has 2 N–H and O–H groups in total. The van der Waals surface area contributed by atoms with Crippen molar-refractivity contribution in [2.45, 2.75) is 26.2 Å². The smallest absolute Gasteiger partial charge is 0.255 e. The molecule has 0 spiro atoms. The summed E-state index contributed by atoms with van der Waals surface area (Å²) >= 11 is 0. The second-order valence-corrected chi connectivity index (χ2v) is 3.97. The van der Waals surface area contributed by atoms with Crippen LogP contribution in [0, 0.1) is 0 Å². The number of nitrogens with zero attached hydrogens (tertiary/aromatic N) is 1. The van der Waals surface area contributed by atoms with E-state index < -0.39 is 0 Å². The number of hydrogen-bond acceptors (Lipinski definition) is 4. The van der Waals surface area contributed by atoms with Crippen LogP contribution in [0.15, 0.2) is 18.5 Å². The second-order valence-electron chi connectivity index (χ2n) is 3.97. The molecule has 100 valence electrons. The van der Waals surface area contributed by atoms with Crippen LogP contribution in [-0.4, -0.2) is 35.8 Å². The number of nitrogens with one attached hydrogen (secondary N) is 1. The number of carbonyl (C=O) groups excluding carboxylic acids is 1. The molecule has 0 unspecified atom stereocenters. The van der Waals surface area contributed by atoms with Gasteiger partial charge in [-0.1, -0.05) is 13.3 Å². The fourth-order valence-electron chi connectivity index (χ4n) is 1.40. The molecule has 1 heterocycles. The molecule has 1 amide bonds. The first-order chi connectivity index (χ1) is 8.75. The number of amides is 1. The molecule has 18 heavy (non-hydrogen) atoms. The largest absolute Gasteiger partial charge is 0.505 e. The Morgan fingerprint density at radius 3 is 2.94 bits per heavy atom. The van der Waals surface area contributed by atoms with E-state index in [4.69, 9.17) is 4.74 Å². The number of hydrogen-bond donors (Lipinski definition) is 2. The zero-order valence-corrected chi connectivity index (χ0v) is 10.7. The fourth-order valence-corrected chi connectivity index (χ4v) is 1.40. The minimum Gasteiger partial charge on any atom is -0.505 e. The fraction of sp³-hybridized carbons (Fsp3) is 0.538. The number of aromatic hydroxyl groups is 1. The van der Waals surface area contributed by atoms with Crippen molar-refractivity contribution in [2.24, 2.45) is 0 Å². The molecule has 0 aliphatic carbocycles. The van der Waals surface area contributed by atoms with Crippen LogP contribution in [0.1, 0.15) is 36.5 Å². The van der Waals surface area contributed by atoms with Crippen molar-refractivity contribution in [3.63, 3.8) is 0 Å². The molecule has 0 atom stereocenters. The summed E-state index contributed by atoms with van der Waals surface area (Å²) in [7, 11) is 0. The summed E-state index contributed by atoms with van der Waals surface area (Å²) in [6, 6.07) is 1.49. The van der Waals surface area contributed by atoms with Gasteiger partial charge in [0.2, 0.25) is 0 Å². The van der Waals surface area contributed by atoms with E-state index >= 15 is 0 Å². The lowest BCUT2D eigenvalue weighted by Gasteiger charge is -2.06. The highest BCUT2D eigenvalue weighted by molar-refractivity contribution is 5.96.